The minimum absolute atomic E-state index is 0.0658. The Balaban J connectivity index is 1.86. The second kappa shape index (κ2) is 5.53. The van der Waals surface area contributed by atoms with Gasteiger partial charge in [-0.2, -0.15) is 0 Å². The summed E-state index contributed by atoms with van der Waals surface area (Å²) in [6.45, 7) is 1.19. The van der Waals surface area contributed by atoms with Gasteiger partial charge in [0.05, 0.1) is 12.2 Å². The topological polar surface area (TPSA) is 75.6 Å². The van der Waals surface area contributed by atoms with Gasteiger partial charge in [-0.15, -0.1) is 0 Å². The van der Waals surface area contributed by atoms with Crippen molar-refractivity contribution in [2.75, 3.05) is 13.2 Å². The van der Waals surface area contributed by atoms with Crippen molar-refractivity contribution in [2.24, 2.45) is 5.92 Å². The smallest absolute Gasteiger partial charge is 0.335 e. The average Bonchev–Trinajstić information content (AvgIpc) is 2.37. The normalized spacial score (nSPS) is 19.1. The van der Waals surface area contributed by atoms with Crippen LogP contribution in [0.25, 0.3) is 0 Å². The number of carboxylic acids is 1. The van der Waals surface area contributed by atoms with Crippen molar-refractivity contribution in [3.05, 3.63) is 29.8 Å². The van der Waals surface area contributed by atoms with Gasteiger partial charge in [-0.1, -0.05) is 0 Å². The molecule has 5 nitrogen and oxygen atoms in total. The van der Waals surface area contributed by atoms with E-state index in [1.807, 2.05) is 0 Å². The van der Waals surface area contributed by atoms with Crippen LogP contribution in [-0.2, 0) is 4.79 Å². The summed E-state index contributed by atoms with van der Waals surface area (Å²) in [7, 11) is 0. The van der Waals surface area contributed by atoms with Gasteiger partial charge in [-0.05, 0) is 30.7 Å². The molecule has 1 aliphatic rings. The Morgan fingerprint density at radius 3 is 2.72 bits per heavy atom. The Bertz CT molecular complexity index is 441. The van der Waals surface area contributed by atoms with E-state index in [1.165, 1.54) is 12.1 Å². The lowest BCUT2D eigenvalue weighted by Gasteiger charge is -2.22. The molecule has 5 heteroatoms. The van der Waals surface area contributed by atoms with Crippen LogP contribution in [0.15, 0.2) is 24.3 Å². The third kappa shape index (κ3) is 3.23. The standard InChI is InChI=1S/C13H15NO4/c15-12-7-9(5-6-14-12)8-18-11-3-1-10(2-4-11)13(16)17/h1-4,9H,5-8H2,(H,14,15)(H,16,17). The zero-order valence-corrected chi connectivity index (χ0v) is 9.89. The van der Waals surface area contributed by atoms with Gasteiger partial charge in [0.25, 0.3) is 0 Å². The van der Waals surface area contributed by atoms with Crippen LogP contribution in [0, 0.1) is 5.92 Å². The van der Waals surface area contributed by atoms with E-state index in [0.717, 1.165) is 6.42 Å². The van der Waals surface area contributed by atoms with Gasteiger partial charge >= 0.3 is 5.97 Å². The fraction of sp³-hybridized carbons (Fsp3) is 0.385. The van der Waals surface area contributed by atoms with E-state index in [-0.39, 0.29) is 17.4 Å². The lowest BCUT2D eigenvalue weighted by Crippen LogP contribution is -2.35. The first kappa shape index (κ1) is 12.4. The second-order valence-electron chi connectivity index (χ2n) is 4.35. The summed E-state index contributed by atoms with van der Waals surface area (Å²) in [6.07, 6.45) is 1.41. The number of carbonyl (C=O) groups excluding carboxylic acids is 1. The summed E-state index contributed by atoms with van der Waals surface area (Å²) in [5, 5.41) is 11.5. The highest BCUT2D eigenvalue weighted by molar-refractivity contribution is 5.87. The molecular formula is C13H15NO4. The first-order chi connectivity index (χ1) is 8.65. The Kier molecular flexibility index (Phi) is 3.82. The SMILES string of the molecule is O=C1CC(COc2ccc(C(=O)O)cc2)CCN1. The van der Waals surface area contributed by atoms with Crippen LogP contribution in [0.1, 0.15) is 23.2 Å². The highest BCUT2D eigenvalue weighted by atomic mass is 16.5. The Hall–Kier alpha value is -2.04. The third-order valence-corrected chi connectivity index (χ3v) is 2.94. The maximum atomic E-state index is 11.2. The Morgan fingerprint density at radius 1 is 1.39 bits per heavy atom. The van der Waals surface area contributed by atoms with Crippen LogP contribution in [-0.4, -0.2) is 30.1 Å². The van der Waals surface area contributed by atoms with Gasteiger partial charge in [-0.3, -0.25) is 4.79 Å². The van der Waals surface area contributed by atoms with Crippen LogP contribution in [0.3, 0.4) is 0 Å². The average molecular weight is 249 g/mol. The number of piperidine rings is 1. The van der Waals surface area contributed by atoms with Gasteiger partial charge in [0.1, 0.15) is 5.75 Å². The van der Waals surface area contributed by atoms with Gasteiger partial charge in [0, 0.05) is 18.9 Å². The minimum atomic E-state index is -0.953. The van der Waals surface area contributed by atoms with Crippen LogP contribution in [0.5, 0.6) is 5.75 Å². The maximum Gasteiger partial charge on any atom is 0.335 e. The van der Waals surface area contributed by atoms with Gasteiger partial charge in [-0.25, -0.2) is 4.79 Å². The Morgan fingerprint density at radius 2 is 2.11 bits per heavy atom. The van der Waals surface area contributed by atoms with E-state index >= 15 is 0 Å². The summed E-state index contributed by atoms with van der Waals surface area (Å²) < 4.78 is 5.56. The third-order valence-electron chi connectivity index (χ3n) is 2.94. The molecule has 0 aliphatic carbocycles. The minimum Gasteiger partial charge on any atom is -0.493 e. The number of hydrogen-bond acceptors (Lipinski definition) is 3. The van der Waals surface area contributed by atoms with E-state index in [2.05, 4.69) is 5.32 Å². The van der Waals surface area contributed by atoms with E-state index in [4.69, 9.17) is 9.84 Å². The molecule has 1 amide bonds. The van der Waals surface area contributed by atoms with Gasteiger partial charge in [0.2, 0.25) is 5.91 Å². The molecule has 1 aromatic rings. The number of benzene rings is 1. The summed E-state index contributed by atoms with van der Waals surface area (Å²) in [5.41, 5.74) is 0.236. The summed E-state index contributed by atoms with van der Waals surface area (Å²) >= 11 is 0. The molecule has 0 spiro atoms. The molecule has 96 valence electrons. The van der Waals surface area contributed by atoms with Crippen molar-refractivity contribution in [2.45, 2.75) is 12.8 Å². The predicted octanol–water partition coefficient (Wildman–Crippen LogP) is 1.29. The van der Waals surface area contributed by atoms with Gasteiger partial charge < -0.3 is 15.2 Å². The van der Waals surface area contributed by atoms with E-state index in [0.29, 0.717) is 25.3 Å². The molecule has 0 radical (unpaired) electrons. The number of rotatable bonds is 4. The predicted molar refractivity (Wildman–Crippen MR) is 64.6 cm³/mol. The zero-order valence-electron chi connectivity index (χ0n) is 9.89. The van der Waals surface area contributed by atoms with Crippen molar-refractivity contribution in [1.82, 2.24) is 5.32 Å². The molecule has 18 heavy (non-hydrogen) atoms. The van der Waals surface area contributed by atoms with E-state index in [9.17, 15) is 9.59 Å². The highest BCUT2D eigenvalue weighted by Crippen LogP contribution is 2.17. The summed E-state index contributed by atoms with van der Waals surface area (Å²) in [6, 6.07) is 6.27. The molecule has 1 fully saturated rings. The highest BCUT2D eigenvalue weighted by Gasteiger charge is 2.19. The summed E-state index contributed by atoms with van der Waals surface area (Å²) in [4.78, 5) is 21.8. The molecule has 1 aromatic carbocycles. The number of ether oxygens (including phenoxy) is 1. The molecule has 1 heterocycles. The number of aromatic carboxylic acids is 1. The fourth-order valence-electron chi connectivity index (χ4n) is 1.90. The molecule has 0 aromatic heterocycles. The monoisotopic (exact) mass is 249 g/mol. The number of amides is 1. The van der Waals surface area contributed by atoms with Crippen LogP contribution in [0.4, 0.5) is 0 Å². The van der Waals surface area contributed by atoms with Crippen LogP contribution < -0.4 is 10.1 Å². The molecule has 1 saturated heterocycles. The van der Waals surface area contributed by atoms with Crippen LogP contribution in [0.2, 0.25) is 0 Å². The lowest BCUT2D eigenvalue weighted by molar-refractivity contribution is -0.123. The van der Waals surface area contributed by atoms with Crippen molar-refractivity contribution < 1.29 is 19.4 Å². The molecule has 1 unspecified atom stereocenters. The Labute approximate surface area is 105 Å². The number of nitrogens with one attached hydrogen (secondary N) is 1. The molecule has 0 saturated carbocycles. The number of hydrogen-bond donors (Lipinski definition) is 2. The summed E-state index contributed by atoms with van der Waals surface area (Å²) in [5.74, 6) is -0.0227. The largest absolute Gasteiger partial charge is 0.493 e. The molecule has 1 atom stereocenters. The molecule has 2 N–H and O–H groups in total. The first-order valence-electron chi connectivity index (χ1n) is 5.88. The van der Waals surface area contributed by atoms with Gasteiger partial charge in [0.15, 0.2) is 0 Å². The van der Waals surface area contributed by atoms with Crippen molar-refractivity contribution in [3.63, 3.8) is 0 Å². The quantitative estimate of drug-likeness (QED) is 0.843. The number of carboxylic acid groups (broad SMARTS) is 1. The zero-order chi connectivity index (χ0) is 13.0. The van der Waals surface area contributed by atoms with Crippen molar-refractivity contribution in [1.29, 1.82) is 0 Å². The second-order valence-corrected chi connectivity index (χ2v) is 4.35. The first-order valence-corrected chi connectivity index (χ1v) is 5.88. The molecular weight excluding hydrogens is 234 g/mol. The number of carbonyl (C=O) groups is 2. The van der Waals surface area contributed by atoms with E-state index in [1.54, 1.807) is 12.1 Å². The molecule has 1 aliphatic heterocycles. The lowest BCUT2D eigenvalue weighted by atomic mass is 9.99. The van der Waals surface area contributed by atoms with Crippen molar-refractivity contribution >= 4 is 11.9 Å². The van der Waals surface area contributed by atoms with Crippen LogP contribution >= 0.6 is 0 Å². The molecule has 0 bridgehead atoms. The maximum absolute atomic E-state index is 11.2. The van der Waals surface area contributed by atoms with E-state index < -0.39 is 5.97 Å². The van der Waals surface area contributed by atoms with Crippen molar-refractivity contribution in [3.8, 4) is 5.75 Å². The molecule has 2 rings (SSSR count). The fourth-order valence-corrected chi connectivity index (χ4v) is 1.90.